The second-order valence-electron chi connectivity index (χ2n) is 7.50. The molecule has 5 aromatic rings. The Morgan fingerprint density at radius 3 is 2.61 bits per heavy atom. The van der Waals surface area contributed by atoms with E-state index in [1.807, 2.05) is 25.1 Å². The topological polar surface area (TPSA) is 125 Å². The van der Waals surface area contributed by atoms with Crippen LogP contribution in [0.4, 0.5) is 10.2 Å². The van der Waals surface area contributed by atoms with Gasteiger partial charge in [0, 0.05) is 23.3 Å². The number of aromatic nitrogens is 6. The maximum atomic E-state index is 14.0. The van der Waals surface area contributed by atoms with E-state index in [4.69, 9.17) is 5.73 Å². The van der Waals surface area contributed by atoms with Crippen molar-refractivity contribution in [1.82, 2.24) is 29.5 Å². The lowest BCUT2D eigenvalue weighted by molar-refractivity contribution is 0.469. The summed E-state index contributed by atoms with van der Waals surface area (Å²) < 4.78 is 16.8. The summed E-state index contributed by atoms with van der Waals surface area (Å²) in [5.74, 6) is -0.704. The molecule has 33 heavy (non-hydrogen) atoms. The van der Waals surface area contributed by atoms with Gasteiger partial charge in [-0.05, 0) is 31.2 Å². The third kappa shape index (κ3) is 3.57. The molecule has 2 aromatic carbocycles. The Morgan fingerprint density at radius 1 is 1.09 bits per heavy atom. The lowest BCUT2D eigenvalue weighted by atomic mass is 10.1. The van der Waals surface area contributed by atoms with Gasteiger partial charge in [0.1, 0.15) is 29.4 Å². The van der Waals surface area contributed by atoms with Gasteiger partial charge in [0.2, 0.25) is 0 Å². The van der Waals surface area contributed by atoms with Crippen LogP contribution in [0, 0.1) is 5.82 Å². The first-order chi connectivity index (χ1) is 15.9. The van der Waals surface area contributed by atoms with E-state index in [2.05, 4.69) is 20.2 Å². The number of fused-ring (bicyclic) bond motifs is 1. The fraction of sp³-hybridized carbons (Fsp3) is 0.0870. The Labute approximate surface area is 186 Å². The summed E-state index contributed by atoms with van der Waals surface area (Å²) in [7, 11) is 0. The van der Waals surface area contributed by atoms with E-state index in [0.717, 1.165) is 6.07 Å². The molecule has 0 fully saturated rings. The SMILES string of the molecule is CC(c1cnn(-c2ccccc2)c(=O)c1)n1nc(-c2cc(O)cc(F)c2)c2c(N)ncnc21. The van der Waals surface area contributed by atoms with Gasteiger partial charge >= 0.3 is 0 Å². The average molecular weight is 443 g/mol. The summed E-state index contributed by atoms with van der Waals surface area (Å²) in [6.07, 6.45) is 2.89. The molecule has 9 nitrogen and oxygen atoms in total. The van der Waals surface area contributed by atoms with E-state index in [9.17, 15) is 14.3 Å². The maximum absolute atomic E-state index is 14.0. The third-order valence-electron chi connectivity index (χ3n) is 5.35. The van der Waals surface area contributed by atoms with E-state index in [1.54, 1.807) is 23.0 Å². The lowest BCUT2D eigenvalue weighted by Gasteiger charge is -2.14. The lowest BCUT2D eigenvalue weighted by Crippen LogP contribution is -2.22. The van der Waals surface area contributed by atoms with Gasteiger partial charge in [-0.25, -0.2) is 19.0 Å². The van der Waals surface area contributed by atoms with Crippen LogP contribution in [0.2, 0.25) is 0 Å². The van der Waals surface area contributed by atoms with Gasteiger partial charge in [0.15, 0.2) is 5.65 Å². The smallest absolute Gasteiger partial charge is 0.271 e. The quantitative estimate of drug-likeness (QED) is 0.437. The van der Waals surface area contributed by atoms with E-state index >= 15 is 0 Å². The third-order valence-corrected chi connectivity index (χ3v) is 5.35. The second-order valence-corrected chi connectivity index (χ2v) is 7.50. The molecule has 0 saturated heterocycles. The second kappa shape index (κ2) is 7.83. The highest BCUT2D eigenvalue weighted by Crippen LogP contribution is 2.34. The zero-order valence-corrected chi connectivity index (χ0v) is 17.4. The number of nitrogens with zero attached hydrogens (tertiary/aromatic N) is 6. The molecular formula is C23H18FN7O2. The molecule has 0 spiro atoms. The summed E-state index contributed by atoms with van der Waals surface area (Å²) >= 11 is 0. The number of phenolic OH excluding ortho intramolecular Hbond substituents is 1. The van der Waals surface area contributed by atoms with Gasteiger partial charge in [0.05, 0.1) is 23.3 Å². The number of benzene rings is 2. The van der Waals surface area contributed by atoms with Crippen molar-refractivity contribution in [2.75, 3.05) is 5.73 Å². The van der Waals surface area contributed by atoms with Crippen LogP contribution in [0.3, 0.4) is 0 Å². The molecule has 0 aliphatic carbocycles. The first-order valence-electron chi connectivity index (χ1n) is 10.1. The van der Waals surface area contributed by atoms with E-state index < -0.39 is 11.9 Å². The maximum Gasteiger partial charge on any atom is 0.271 e. The van der Waals surface area contributed by atoms with Crippen molar-refractivity contribution in [3.8, 4) is 22.7 Å². The van der Waals surface area contributed by atoms with Crippen molar-refractivity contribution in [3.05, 3.63) is 88.9 Å². The van der Waals surface area contributed by atoms with Gasteiger partial charge in [-0.1, -0.05) is 18.2 Å². The van der Waals surface area contributed by atoms with Crippen LogP contribution in [-0.4, -0.2) is 34.6 Å². The van der Waals surface area contributed by atoms with Crippen LogP contribution in [0.1, 0.15) is 18.5 Å². The molecule has 1 atom stereocenters. The Bertz CT molecular complexity index is 1530. The molecule has 0 aliphatic heterocycles. The monoisotopic (exact) mass is 443 g/mol. The number of rotatable bonds is 4. The number of hydrogen-bond acceptors (Lipinski definition) is 7. The summed E-state index contributed by atoms with van der Waals surface area (Å²) in [5.41, 5.74) is 8.10. The number of nitrogens with two attached hydrogens (primary N) is 1. The predicted octanol–water partition coefficient (Wildman–Crippen LogP) is 3.08. The first-order valence-corrected chi connectivity index (χ1v) is 10.1. The number of hydrogen-bond donors (Lipinski definition) is 2. The van der Waals surface area contributed by atoms with Gasteiger partial charge in [-0.15, -0.1) is 0 Å². The van der Waals surface area contributed by atoms with Gasteiger partial charge < -0.3 is 10.8 Å². The van der Waals surface area contributed by atoms with Crippen LogP contribution in [-0.2, 0) is 0 Å². The number of phenols is 1. The number of aromatic hydroxyl groups is 1. The Kier molecular flexibility index (Phi) is 4.82. The highest BCUT2D eigenvalue weighted by atomic mass is 19.1. The van der Waals surface area contributed by atoms with Gasteiger partial charge in [0.25, 0.3) is 5.56 Å². The largest absolute Gasteiger partial charge is 0.508 e. The fourth-order valence-corrected chi connectivity index (χ4v) is 3.73. The van der Waals surface area contributed by atoms with Gasteiger partial charge in [-0.2, -0.15) is 14.9 Å². The molecule has 5 rings (SSSR count). The molecule has 3 N–H and O–H groups in total. The molecule has 164 valence electrons. The molecule has 0 amide bonds. The van der Waals surface area contributed by atoms with E-state index in [-0.39, 0.29) is 17.1 Å². The first kappa shape index (κ1) is 20.3. The zero-order chi connectivity index (χ0) is 23.1. The molecule has 0 saturated carbocycles. The van der Waals surface area contributed by atoms with Gasteiger partial charge in [-0.3, -0.25) is 4.79 Å². The minimum atomic E-state index is -0.620. The van der Waals surface area contributed by atoms with Crippen molar-refractivity contribution in [2.45, 2.75) is 13.0 Å². The van der Waals surface area contributed by atoms with Crippen molar-refractivity contribution < 1.29 is 9.50 Å². The number of para-hydroxylation sites is 1. The summed E-state index contributed by atoms with van der Waals surface area (Å²) in [6, 6.07) is 13.7. The van der Waals surface area contributed by atoms with E-state index in [0.29, 0.717) is 33.5 Å². The normalized spacial score (nSPS) is 12.2. The number of halogens is 1. The fourth-order valence-electron chi connectivity index (χ4n) is 3.73. The van der Waals surface area contributed by atoms with Crippen LogP contribution in [0.5, 0.6) is 5.75 Å². The van der Waals surface area contributed by atoms with Crippen LogP contribution >= 0.6 is 0 Å². The molecule has 1 unspecified atom stereocenters. The van der Waals surface area contributed by atoms with Crippen LogP contribution in [0.15, 0.2) is 71.9 Å². The Hall–Kier alpha value is -4.60. The van der Waals surface area contributed by atoms with Crippen molar-refractivity contribution in [2.24, 2.45) is 0 Å². The summed E-state index contributed by atoms with van der Waals surface area (Å²) in [5, 5.41) is 19.2. The molecule has 3 heterocycles. The summed E-state index contributed by atoms with van der Waals surface area (Å²) in [6.45, 7) is 1.83. The summed E-state index contributed by atoms with van der Waals surface area (Å²) in [4.78, 5) is 21.1. The molecule has 0 bridgehead atoms. The van der Waals surface area contributed by atoms with Crippen molar-refractivity contribution in [1.29, 1.82) is 0 Å². The molecule has 10 heteroatoms. The number of anilines is 1. The van der Waals surface area contributed by atoms with Crippen LogP contribution in [0.25, 0.3) is 28.0 Å². The zero-order valence-electron chi connectivity index (χ0n) is 17.4. The van der Waals surface area contributed by atoms with Crippen molar-refractivity contribution >= 4 is 16.9 Å². The molecule has 0 radical (unpaired) electrons. The Balaban J connectivity index is 1.64. The predicted molar refractivity (Wildman–Crippen MR) is 120 cm³/mol. The highest BCUT2D eigenvalue weighted by Gasteiger charge is 2.22. The minimum Gasteiger partial charge on any atom is -0.508 e. The molecular weight excluding hydrogens is 425 g/mol. The molecule has 3 aromatic heterocycles. The number of nitrogen functional groups attached to an aromatic ring is 1. The van der Waals surface area contributed by atoms with Crippen molar-refractivity contribution in [3.63, 3.8) is 0 Å². The highest BCUT2D eigenvalue weighted by molar-refractivity contribution is 5.98. The van der Waals surface area contributed by atoms with Crippen LogP contribution < -0.4 is 11.3 Å². The minimum absolute atomic E-state index is 0.162. The average Bonchev–Trinajstić information content (AvgIpc) is 3.19. The Morgan fingerprint density at radius 2 is 1.88 bits per heavy atom. The molecule has 0 aliphatic rings. The van der Waals surface area contributed by atoms with E-state index in [1.165, 1.54) is 29.2 Å². The standard InChI is InChI=1S/C23H18FN7O2/c1-13(15-9-19(33)31(28-11-15)17-5-3-2-4-6-17)30-23-20(22(25)26-12-27-23)21(29-30)14-7-16(24)10-18(32)8-14/h2-13,32H,1H3,(H2,25,26,27).